The minimum atomic E-state index is -1.72. The summed E-state index contributed by atoms with van der Waals surface area (Å²) in [5, 5.41) is -0.305. The van der Waals surface area contributed by atoms with E-state index >= 15 is 0 Å². The van der Waals surface area contributed by atoms with Gasteiger partial charge in [0, 0.05) is 84.3 Å². The number of carbonyl (C=O) groups excluding carboxylic acids is 4. The lowest BCUT2D eigenvalue weighted by atomic mass is 10.0. The van der Waals surface area contributed by atoms with Crippen molar-refractivity contribution in [3.05, 3.63) is 235 Å². The lowest BCUT2D eigenvalue weighted by Crippen LogP contribution is -3.05. The summed E-state index contributed by atoms with van der Waals surface area (Å²) < 4.78 is 4.31. The molecule has 0 radical (unpaired) electrons. The number of hydrogen-bond acceptors (Lipinski definition) is 4. The monoisotopic (exact) mass is 1560 g/mol. The van der Waals surface area contributed by atoms with Crippen LogP contribution in [0.3, 0.4) is 0 Å². The fraction of sp³-hybridized carbons (Fsp3) is 0.212. The van der Waals surface area contributed by atoms with Gasteiger partial charge in [0.25, 0.3) is 0 Å². The quantitative estimate of drug-likeness (QED) is 0.0357. The maximum atomic E-state index is 12.1. The molecule has 444 valence electrons. The third-order valence-electron chi connectivity index (χ3n) is 11.8. The predicted octanol–water partition coefficient (Wildman–Crippen LogP) is 18.4. The number of hydrogen-bond donors (Lipinski definition) is 1. The molecule has 0 unspecified atom stereocenters. The van der Waals surface area contributed by atoms with Gasteiger partial charge in [0.15, 0.2) is 17.3 Å². The van der Waals surface area contributed by atoms with E-state index in [1.165, 1.54) is 16.0 Å². The molecule has 0 aliphatic rings. The smallest absolute Gasteiger partial charge is 0.643 e. The Kier molecular flexibility index (Phi) is 41.8. The molecule has 0 aliphatic heterocycles. The molecule has 0 bridgehead atoms. The zero-order valence-corrected chi connectivity index (χ0v) is 59.8. The van der Waals surface area contributed by atoms with Crippen LogP contribution in [0.2, 0.25) is 0 Å². The van der Waals surface area contributed by atoms with Crippen LogP contribution in [0.25, 0.3) is 44.5 Å². The number of benzene rings is 8. The van der Waals surface area contributed by atoms with E-state index in [-0.39, 0.29) is 35.0 Å². The van der Waals surface area contributed by atoms with Gasteiger partial charge in [-0.2, -0.15) is 0 Å². The highest BCUT2D eigenvalue weighted by atomic mass is 79.9. The molecule has 0 saturated heterocycles. The minimum absolute atomic E-state index is 0. The summed E-state index contributed by atoms with van der Waals surface area (Å²) in [5.41, 5.74) is 11.6. The highest BCUT2D eigenvalue weighted by Crippen LogP contribution is 2.26. The number of rotatable bonds is 20. The maximum absolute atomic E-state index is 12.1. The Labute approximate surface area is 573 Å². The molecule has 5 nitrogen and oxygen atoms in total. The lowest BCUT2D eigenvalue weighted by molar-refractivity contribution is -0.858. The third kappa shape index (κ3) is 33.0. The molecule has 0 amide bonds. The Morgan fingerprint density at radius 2 is 0.571 bits per heavy atom. The predicted molar refractivity (Wildman–Crippen MR) is 372 cm³/mol. The van der Waals surface area contributed by atoms with Gasteiger partial charge in [-0.25, -0.2) is 30.1 Å². The average Bonchev–Trinajstić information content (AvgIpc) is 3.54. The molecule has 0 fully saturated rings. The van der Waals surface area contributed by atoms with Gasteiger partial charge >= 0.3 is 11.4 Å². The van der Waals surface area contributed by atoms with Gasteiger partial charge in [-0.05, 0) is 124 Å². The number of nitrogens with one attached hydrogen (secondary N) is 1. The molecule has 0 aliphatic carbocycles. The molecule has 8 aromatic rings. The van der Waals surface area contributed by atoms with Crippen LogP contribution in [-0.4, -0.2) is 72.3 Å². The maximum Gasteiger partial charge on any atom is 0.643 e. The van der Waals surface area contributed by atoms with Crippen molar-refractivity contribution in [2.24, 2.45) is 0 Å². The highest BCUT2D eigenvalue weighted by Gasteiger charge is 2.10. The van der Waals surface area contributed by atoms with Gasteiger partial charge < -0.3 is 17.3 Å². The lowest BCUT2D eigenvalue weighted by Gasteiger charge is -2.07. The van der Waals surface area contributed by atoms with Crippen LogP contribution in [0.4, 0.5) is 0 Å². The molecule has 0 aromatic heterocycles. The van der Waals surface area contributed by atoms with Crippen molar-refractivity contribution in [1.29, 1.82) is 0 Å². The average molecular weight is 1570 g/mol. The summed E-state index contributed by atoms with van der Waals surface area (Å²) in [4.78, 5) is 47.1. The molecule has 0 heterocycles. The van der Waals surface area contributed by atoms with E-state index in [0.29, 0.717) is 49.7 Å². The number of quaternary nitrogens is 1. The normalized spacial score (nSPS) is 10.0. The van der Waals surface area contributed by atoms with Crippen molar-refractivity contribution in [3.8, 4) is 44.5 Å². The fourth-order valence-electron chi connectivity index (χ4n) is 7.44. The Morgan fingerprint density at radius 3 is 0.786 bits per heavy atom. The standard InChI is InChI=1S/C18H20BrNO.2C16H14BrClO.C12H9Br.C4H6Cl2O.Al.4ClH/c1-20(2)13-3-4-18(21)16-7-5-14(6-8-16)15-9-11-17(19)12-10-15;2*17-15-9-7-13(8-10-15)12-3-5-14(6-4-12)16(19)2-1-11-18;13-12-8-6-11(7-9-12)10-4-2-1-3-5-10;5-3-1-2-4(6)7;;;;;/h5-12H,3-4,13H2,1-2H3;2*3-10H,1-2,11H2;1-9H;1-3H2;;4*1H/q;;;;;+3;;;;/p-3. The van der Waals surface area contributed by atoms with E-state index in [1.54, 1.807) is 0 Å². The number of Topliss-reactive ketones (excluding diaryl/α,β-unsaturated/α-hetero) is 3. The fourth-order valence-corrected chi connectivity index (χ4v) is 9.03. The molecule has 84 heavy (non-hydrogen) atoms. The molecule has 0 atom stereocenters. The zero-order chi connectivity index (χ0) is 60.9. The van der Waals surface area contributed by atoms with E-state index < -0.39 is 11.4 Å². The molecule has 0 spiro atoms. The van der Waals surface area contributed by atoms with Crippen LogP contribution in [-0.2, 0) is 4.79 Å². The van der Waals surface area contributed by atoms with Crippen molar-refractivity contribution >= 4 is 174 Å². The molecule has 18 heteroatoms. The van der Waals surface area contributed by atoms with E-state index in [2.05, 4.69) is 163 Å². The first kappa shape index (κ1) is 77.3. The summed E-state index contributed by atoms with van der Waals surface area (Å²) in [5.74, 6) is 2.12. The first-order chi connectivity index (χ1) is 39.8. The number of halogens is 12. The van der Waals surface area contributed by atoms with Crippen molar-refractivity contribution in [2.45, 2.75) is 51.4 Å². The van der Waals surface area contributed by atoms with E-state index in [4.69, 9.17) is 76.6 Å². The molecule has 0 saturated carbocycles. The first-order valence-electron chi connectivity index (χ1n) is 26.4. The molecular formula is C66H64AlBr4Cl8NO4. The van der Waals surface area contributed by atoms with Crippen molar-refractivity contribution in [2.75, 3.05) is 38.3 Å². The van der Waals surface area contributed by atoms with Crippen molar-refractivity contribution in [1.82, 2.24) is 0 Å². The van der Waals surface area contributed by atoms with Gasteiger partial charge in [-0.3, -0.25) is 19.2 Å². The summed E-state index contributed by atoms with van der Waals surface area (Å²) in [6.45, 7) is 1.03. The summed E-state index contributed by atoms with van der Waals surface area (Å²) in [6.07, 6.45) is 5.14. The Balaban J connectivity index is 0.000000362. The van der Waals surface area contributed by atoms with Crippen LogP contribution in [0, 0.1) is 0 Å². The van der Waals surface area contributed by atoms with Gasteiger partial charge in [-0.15, -0.1) is 34.8 Å². The molecule has 1 N–H and O–H groups in total. The van der Waals surface area contributed by atoms with E-state index in [9.17, 15) is 19.2 Å². The van der Waals surface area contributed by atoms with Crippen LogP contribution < -0.4 is 17.3 Å². The molecular weight excluding hydrogens is 1500 g/mol. The van der Waals surface area contributed by atoms with Gasteiger partial charge in [0.05, 0.1) is 20.6 Å². The number of alkyl halides is 3. The second-order valence-corrected chi connectivity index (χ2v) is 30.1. The van der Waals surface area contributed by atoms with Crippen molar-refractivity contribution in [3.63, 3.8) is 0 Å². The number of carbonyl (C=O) groups is 4. The first-order valence-corrected chi connectivity index (χ1v) is 36.8. The molecule has 8 aromatic carbocycles. The SMILES string of the molecule is Brc1ccc(-c2ccccc2)cc1.C[NH+](C)CCCC(=O)c1ccc(-c2ccc(Br)cc2)cc1.O=C(CCCCl)c1ccc(-c2ccc(Br)cc2)cc1.O=C(CCCCl)c1ccc(-c2ccc(Br)cc2)cc1.O=C(Cl)CCCCl.[Cl-].[Cl][Al]([Cl])[Cl]. The van der Waals surface area contributed by atoms with Crippen LogP contribution in [0.15, 0.2) is 218 Å². The Bertz CT molecular complexity index is 3000. The second kappa shape index (κ2) is 45.4. The van der Waals surface area contributed by atoms with Gasteiger partial charge in [0.1, 0.15) is 0 Å². The largest absolute Gasteiger partial charge is 1.00 e. The van der Waals surface area contributed by atoms with Crippen LogP contribution >= 0.6 is 140 Å². The van der Waals surface area contributed by atoms with Crippen LogP contribution in [0.5, 0.6) is 0 Å². The van der Waals surface area contributed by atoms with E-state index in [0.717, 1.165) is 93.8 Å². The summed E-state index contributed by atoms with van der Waals surface area (Å²) >= 11 is 33.4. The van der Waals surface area contributed by atoms with Gasteiger partial charge in [0.2, 0.25) is 5.24 Å². The van der Waals surface area contributed by atoms with E-state index in [1.807, 2.05) is 115 Å². The van der Waals surface area contributed by atoms with Gasteiger partial charge in [-0.1, -0.05) is 215 Å². The highest BCUT2D eigenvalue weighted by molar-refractivity contribution is 9.11. The zero-order valence-electron chi connectivity index (χ0n) is 46.3. The topological polar surface area (TPSA) is 72.7 Å². The summed E-state index contributed by atoms with van der Waals surface area (Å²) in [6, 6.07) is 66.5. The summed E-state index contributed by atoms with van der Waals surface area (Å²) in [7, 11) is 19.1. The minimum Gasteiger partial charge on any atom is -1.00 e. The Hall–Kier alpha value is -2.83. The molecule has 8 rings (SSSR count). The number of ketones is 3. The van der Waals surface area contributed by atoms with Crippen LogP contribution in [0.1, 0.15) is 82.4 Å². The second-order valence-electron chi connectivity index (χ2n) is 18.4. The third-order valence-corrected chi connectivity index (χ3v) is 14.9. The van der Waals surface area contributed by atoms with Crippen molar-refractivity contribution < 1.29 is 36.5 Å². The Morgan fingerprint density at radius 1 is 0.357 bits per heavy atom.